The second-order valence-corrected chi connectivity index (χ2v) is 11.5. The minimum absolute atomic E-state index is 0.0296. The predicted octanol–water partition coefficient (Wildman–Crippen LogP) is -0.189. The van der Waals surface area contributed by atoms with Crippen LogP contribution < -0.4 is 34.0 Å². The van der Waals surface area contributed by atoms with E-state index in [0.717, 1.165) is 32.1 Å². The molecule has 0 aromatic carbocycles. The smallest absolute Gasteiger partial charge is 0.146 e. The van der Waals surface area contributed by atoms with E-state index in [-0.39, 0.29) is 53.4 Å². The molecular weight excluding hydrogens is 463 g/mol. The average molecular weight is 511 g/mol. The first-order valence-electron chi connectivity index (χ1n) is 13.3. The lowest BCUT2D eigenvalue weighted by Gasteiger charge is -2.47. The maximum Gasteiger partial charge on any atom is 0.146 e. The summed E-state index contributed by atoms with van der Waals surface area (Å²) in [5.41, 5.74) is 30.3. The minimum atomic E-state index is -1.20. The number of aliphatic imine (C=N–C) groups is 1. The Morgan fingerprint density at radius 1 is 1.14 bits per heavy atom. The Morgan fingerprint density at radius 3 is 2.42 bits per heavy atom. The largest absolute Gasteiger partial charge is 0.400 e. The highest BCUT2D eigenvalue weighted by atomic mass is 19.1. The van der Waals surface area contributed by atoms with Crippen LogP contribution in [0.1, 0.15) is 57.8 Å². The highest BCUT2D eigenvalue weighted by molar-refractivity contribution is 5.90. The highest BCUT2D eigenvalue weighted by Crippen LogP contribution is 2.41. The molecule has 8 unspecified atom stereocenters. The number of aliphatic hydroxyl groups excluding tert-OH is 1. The Morgan fingerprint density at radius 2 is 1.81 bits per heavy atom. The molecule has 0 spiro atoms. The van der Waals surface area contributed by atoms with Crippen molar-refractivity contribution in [3.63, 3.8) is 0 Å². The zero-order valence-electron chi connectivity index (χ0n) is 21.3. The first-order valence-corrected chi connectivity index (χ1v) is 13.3. The Kier molecular flexibility index (Phi) is 9.73. The molecule has 3 saturated carbocycles. The van der Waals surface area contributed by atoms with Crippen LogP contribution in [0.4, 0.5) is 4.39 Å². The van der Waals surface area contributed by atoms with Crippen LogP contribution >= 0.6 is 0 Å². The third-order valence-electron chi connectivity index (χ3n) is 8.69. The van der Waals surface area contributed by atoms with Crippen molar-refractivity contribution in [3.05, 3.63) is 12.3 Å². The van der Waals surface area contributed by atoms with Crippen molar-refractivity contribution in [2.24, 2.45) is 57.3 Å². The van der Waals surface area contributed by atoms with Gasteiger partial charge in [0.2, 0.25) is 0 Å². The molecule has 0 radical (unpaired) electrons. The van der Waals surface area contributed by atoms with E-state index < -0.39 is 18.4 Å². The van der Waals surface area contributed by atoms with Crippen LogP contribution in [-0.2, 0) is 0 Å². The fourth-order valence-corrected chi connectivity index (χ4v) is 6.51. The predicted molar refractivity (Wildman–Crippen MR) is 141 cm³/mol. The summed E-state index contributed by atoms with van der Waals surface area (Å²) >= 11 is 0. The second kappa shape index (κ2) is 12.2. The van der Waals surface area contributed by atoms with E-state index in [2.05, 4.69) is 16.9 Å². The Hall–Kier alpha value is -1.79. The van der Waals surface area contributed by atoms with Crippen LogP contribution in [0.2, 0.25) is 0 Å². The van der Waals surface area contributed by atoms with E-state index in [1.807, 2.05) is 0 Å². The second-order valence-electron chi connectivity index (χ2n) is 11.5. The Bertz CT molecular complexity index is 805. The van der Waals surface area contributed by atoms with Crippen molar-refractivity contribution >= 4 is 11.7 Å². The summed E-state index contributed by atoms with van der Waals surface area (Å²) in [6, 6.07) is -0.983. The molecule has 3 rings (SSSR count). The van der Waals surface area contributed by atoms with Gasteiger partial charge in [-0.1, -0.05) is 19.4 Å². The van der Waals surface area contributed by atoms with Gasteiger partial charge in [-0.2, -0.15) is 0 Å². The summed E-state index contributed by atoms with van der Waals surface area (Å²) in [4.78, 5) is 4.69. The van der Waals surface area contributed by atoms with Gasteiger partial charge in [0, 0.05) is 30.4 Å². The number of hydrogen-bond acceptors (Lipinski definition) is 8. The number of halogens is 1. The standard InChI is InChI=1S/C25H47FN8O2/c1-13(27)21(35)7-18-20(34-24(32)25(36)9-16(28)10-25)8-19(29)17(23(18)31)6-14-3-2-4-15(5-14)12-33-22(30)11-26/h14-21,23,35-36H,1-12,27-29,31H2,(H2,30,33)(H2,32,34). The van der Waals surface area contributed by atoms with Crippen molar-refractivity contribution in [1.82, 2.24) is 5.32 Å². The van der Waals surface area contributed by atoms with Crippen LogP contribution in [0.3, 0.4) is 0 Å². The van der Waals surface area contributed by atoms with Crippen molar-refractivity contribution in [1.29, 1.82) is 5.41 Å². The molecule has 0 heterocycles. The number of rotatable bonds is 10. The van der Waals surface area contributed by atoms with Gasteiger partial charge in [0.15, 0.2) is 0 Å². The average Bonchev–Trinajstić information content (AvgIpc) is 2.81. The maximum absolute atomic E-state index is 12.6. The van der Waals surface area contributed by atoms with Crippen LogP contribution in [0.5, 0.6) is 0 Å². The molecule has 0 amide bonds. The summed E-state index contributed by atoms with van der Waals surface area (Å²) in [6.07, 6.45) is 5.71. The van der Waals surface area contributed by atoms with E-state index in [1.54, 1.807) is 0 Å². The quantitative estimate of drug-likeness (QED) is 0.141. The first-order chi connectivity index (χ1) is 16.9. The zero-order valence-corrected chi connectivity index (χ0v) is 21.3. The maximum atomic E-state index is 12.6. The third kappa shape index (κ3) is 6.95. The lowest BCUT2D eigenvalue weighted by molar-refractivity contribution is 0.0158. The van der Waals surface area contributed by atoms with E-state index >= 15 is 0 Å². The Balaban J connectivity index is 1.71. The molecule has 0 aliphatic heterocycles. The molecule has 11 heteroatoms. The number of hydrogen-bond donors (Lipinski definition) is 9. The van der Waals surface area contributed by atoms with Gasteiger partial charge in [-0.3, -0.25) is 10.4 Å². The molecule has 0 bridgehead atoms. The third-order valence-corrected chi connectivity index (χ3v) is 8.69. The van der Waals surface area contributed by atoms with Gasteiger partial charge in [0.25, 0.3) is 0 Å². The molecule has 3 aliphatic rings. The normalized spacial score (nSPS) is 40.2. The molecular formula is C25H47FN8O2. The van der Waals surface area contributed by atoms with Crippen molar-refractivity contribution < 1.29 is 14.6 Å². The topological polar surface area (TPSA) is 219 Å². The van der Waals surface area contributed by atoms with Gasteiger partial charge >= 0.3 is 0 Å². The van der Waals surface area contributed by atoms with E-state index in [0.29, 0.717) is 44.1 Å². The molecule has 14 N–H and O–H groups in total. The number of nitrogens with zero attached hydrogens (tertiary/aromatic N) is 1. The van der Waals surface area contributed by atoms with Crippen molar-refractivity contribution in [2.45, 2.75) is 93.7 Å². The van der Waals surface area contributed by atoms with Gasteiger partial charge in [-0.05, 0) is 68.6 Å². The minimum Gasteiger partial charge on any atom is -0.400 e. The molecule has 0 aromatic rings. The van der Waals surface area contributed by atoms with Gasteiger partial charge < -0.3 is 44.2 Å². The van der Waals surface area contributed by atoms with E-state index in [4.69, 9.17) is 34.1 Å². The first kappa shape index (κ1) is 28.8. The lowest BCUT2D eigenvalue weighted by Crippen LogP contribution is -2.61. The molecule has 3 aliphatic carbocycles. The fourth-order valence-electron chi connectivity index (χ4n) is 6.51. The van der Waals surface area contributed by atoms with Crippen molar-refractivity contribution in [2.75, 3.05) is 13.2 Å². The van der Waals surface area contributed by atoms with Crippen LogP contribution in [0, 0.1) is 29.1 Å². The molecule has 3 fully saturated rings. The van der Waals surface area contributed by atoms with Gasteiger partial charge in [0.05, 0.1) is 12.1 Å². The molecule has 0 saturated heterocycles. The number of alkyl halides is 1. The highest BCUT2D eigenvalue weighted by Gasteiger charge is 2.47. The summed E-state index contributed by atoms with van der Waals surface area (Å²) in [5.74, 6) is 0.700. The number of aliphatic hydroxyl groups is 2. The van der Waals surface area contributed by atoms with Gasteiger partial charge in [0.1, 0.15) is 23.9 Å². The van der Waals surface area contributed by atoms with Crippen LogP contribution in [-0.4, -0.2) is 71.0 Å². The Labute approximate surface area is 213 Å². The van der Waals surface area contributed by atoms with E-state index in [9.17, 15) is 14.6 Å². The van der Waals surface area contributed by atoms with Crippen LogP contribution in [0.25, 0.3) is 0 Å². The van der Waals surface area contributed by atoms with Crippen molar-refractivity contribution in [3.8, 4) is 0 Å². The van der Waals surface area contributed by atoms with Gasteiger partial charge in [-0.15, -0.1) is 0 Å². The number of nitrogens with two attached hydrogens (primary N) is 5. The summed E-state index contributed by atoms with van der Waals surface area (Å²) in [6.45, 7) is 3.51. The molecule has 36 heavy (non-hydrogen) atoms. The zero-order chi connectivity index (χ0) is 26.6. The molecule has 206 valence electrons. The molecule has 0 aromatic heterocycles. The number of amidine groups is 2. The SMILES string of the molecule is C=C(N)C(O)CC1C(N=C(N)C2(O)CC(N)C2)CC(N)C(CC2CCCC(CNC(=N)CF)C2)C1N. The monoisotopic (exact) mass is 510 g/mol. The lowest BCUT2D eigenvalue weighted by atomic mass is 9.65. The fraction of sp³-hybridized carbons (Fsp3) is 0.840. The van der Waals surface area contributed by atoms with E-state index in [1.165, 1.54) is 0 Å². The van der Waals surface area contributed by atoms with Gasteiger partial charge in [-0.25, -0.2) is 4.39 Å². The van der Waals surface area contributed by atoms with Crippen LogP contribution in [0.15, 0.2) is 17.3 Å². The molecule has 8 atom stereocenters. The number of nitrogens with one attached hydrogen (secondary N) is 2. The summed E-state index contributed by atoms with van der Waals surface area (Å²) in [5, 5.41) is 31.7. The summed E-state index contributed by atoms with van der Waals surface area (Å²) in [7, 11) is 0. The molecule has 10 nitrogen and oxygen atoms in total. The summed E-state index contributed by atoms with van der Waals surface area (Å²) < 4.78 is 12.6.